The second kappa shape index (κ2) is 7.36. The summed E-state index contributed by atoms with van der Waals surface area (Å²) < 4.78 is 46.9. The topological polar surface area (TPSA) is 70.3 Å². The lowest BCUT2D eigenvalue weighted by molar-refractivity contribution is 0.0378. The molecule has 0 aliphatic carbocycles. The highest BCUT2D eigenvalue weighted by Crippen LogP contribution is 2.23. The lowest BCUT2D eigenvalue weighted by Gasteiger charge is -2.14. The zero-order chi connectivity index (χ0) is 19.8. The molecule has 0 saturated heterocycles. The van der Waals surface area contributed by atoms with Crippen LogP contribution in [0.3, 0.4) is 0 Å². The van der Waals surface area contributed by atoms with Crippen molar-refractivity contribution in [3.63, 3.8) is 0 Å². The van der Waals surface area contributed by atoms with Crippen LogP contribution >= 0.6 is 11.6 Å². The Labute approximate surface area is 150 Å². The number of carbonyl (C=O) groups excluding carboxylic acids is 1. The van der Waals surface area contributed by atoms with Gasteiger partial charge in [0.1, 0.15) is 12.5 Å². The van der Waals surface area contributed by atoms with Gasteiger partial charge in [-0.2, -0.15) is 4.39 Å². The average Bonchev–Trinajstić information content (AvgIpc) is 2.54. The fraction of sp³-hybridized carbons (Fsp3) is 0.312. The van der Waals surface area contributed by atoms with Gasteiger partial charge < -0.3 is 4.74 Å². The van der Waals surface area contributed by atoms with Crippen LogP contribution in [-0.2, 0) is 18.5 Å². The van der Waals surface area contributed by atoms with Crippen LogP contribution in [0.2, 0.25) is 5.02 Å². The molecular formula is C16H14ClF3N2O4. The van der Waals surface area contributed by atoms with Gasteiger partial charge in [0.05, 0.1) is 28.1 Å². The van der Waals surface area contributed by atoms with Gasteiger partial charge in [-0.25, -0.2) is 22.9 Å². The lowest BCUT2D eigenvalue weighted by Crippen LogP contribution is -2.42. The Morgan fingerprint density at radius 2 is 1.88 bits per heavy atom. The zero-order valence-corrected chi connectivity index (χ0v) is 14.7. The van der Waals surface area contributed by atoms with E-state index in [-0.39, 0.29) is 15.2 Å². The van der Waals surface area contributed by atoms with E-state index >= 15 is 0 Å². The maximum atomic E-state index is 14.3. The first-order valence-corrected chi connectivity index (χ1v) is 7.74. The van der Waals surface area contributed by atoms with Crippen LogP contribution in [0.5, 0.6) is 0 Å². The summed E-state index contributed by atoms with van der Waals surface area (Å²) >= 11 is 5.82. The third-order valence-electron chi connectivity index (χ3n) is 3.49. The Kier molecular flexibility index (Phi) is 5.60. The fourth-order valence-electron chi connectivity index (χ4n) is 2.22. The number of ether oxygens (including phenoxy) is 1. The van der Waals surface area contributed by atoms with Crippen molar-refractivity contribution in [3.8, 4) is 5.69 Å². The largest absolute Gasteiger partial charge is 0.459 e. The number of benzene rings is 1. The minimum atomic E-state index is -1.55. The molecule has 2 rings (SSSR count). The molecule has 0 unspecified atom stereocenters. The molecule has 1 aromatic heterocycles. The van der Waals surface area contributed by atoms with E-state index < -0.39 is 53.0 Å². The first-order valence-electron chi connectivity index (χ1n) is 7.36. The monoisotopic (exact) mass is 390 g/mol. The summed E-state index contributed by atoms with van der Waals surface area (Å²) in [5.41, 5.74) is -4.54. The molecule has 26 heavy (non-hydrogen) atoms. The molecule has 0 spiro atoms. The Hall–Kier alpha value is -2.55. The molecule has 1 heterocycles. The van der Waals surface area contributed by atoms with Gasteiger partial charge in [-0.05, 0) is 26.0 Å². The number of halogens is 4. The van der Waals surface area contributed by atoms with Crippen LogP contribution in [0.25, 0.3) is 5.69 Å². The van der Waals surface area contributed by atoms with Gasteiger partial charge in [0.25, 0.3) is 5.56 Å². The van der Waals surface area contributed by atoms with Gasteiger partial charge in [-0.3, -0.25) is 9.36 Å². The van der Waals surface area contributed by atoms with E-state index in [9.17, 15) is 27.6 Å². The lowest BCUT2D eigenvalue weighted by atomic mass is 10.2. The van der Waals surface area contributed by atoms with Crippen LogP contribution in [0.1, 0.15) is 29.9 Å². The standard InChI is InChI=1S/C16H14ClF3N2O4/c1-7(2)26-15(24)8-4-11(10(19)5-9(8)17)22-14(23)13(20)12(6-18)21(3)16(22)25/h4-5,7H,6H2,1-3H3. The van der Waals surface area contributed by atoms with Gasteiger partial charge in [-0.1, -0.05) is 11.6 Å². The maximum absolute atomic E-state index is 14.3. The van der Waals surface area contributed by atoms with Crippen molar-refractivity contribution in [2.24, 2.45) is 7.05 Å². The molecule has 0 radical (unpaired) electrons. The molecule has 0 bridgehead atoms. The van der Waals surface area contributed by atoms with Crippen molar-refractivity contribution in [1.82, 2.24) is 9.13 Å². The van der Waals surface area contributed by atoms with Crippen LogP contribution in [0.15, 0.2) is 21.7 Å². The first kappa shape index (κ1) is 19.8. The molecule has 0 aliphatic heterocycles. The maximum Gasteiger partial charge on any atom is 0.339 e. The molecule has 1 aromatic carbocycles. The number of hydrogen-bond acceptors (Lipinski definition) is 4. The summed E-state index contributed by atoms with van der Waals surface area (Å²) in [7, 11) is 1.03. The normalized spacial score (nSPS) is 11.1. The van der Waals surface area contributed by atoms with Gasteiger partial charge in [-0.15, -0.1) is 0 Å². The van der Waals surface area contributed by atoms with Crippen molar-refractivity contribution in [3.05, 3.63) is 60.9 Å². The van der Waals surface area contributed by atoms with E-state index in [4.69, 9.17) is 16.3 Å². The Morgan fingerprint density at radius 1 is 1.27 bits per heavy atom. The number of rotatable bonds is 4. The molecule has 140 valence electrons. The summed E-state index contributed by atoms with van der Waals surface area (Å²) in [6.45, 7) is 1.74. The van der Waals surface area contributed by atoms with Gasteiger partial charge in [0.15, 0.2) is 0 Å². The average molecular weight is 391 g/mol. The molecule has 0 atom stereocenters. The summed E-state index contributed by atoms with van der Waals surface area (Å²) in [5.74, 6) is -3.62. The van der Waals surface area contributed by atoms with Crippen LogP contribution in [-0.4, -0.2) is 21.2 Å². The summed E-state index contributed by atoms with van der Waals surface area (Å²) in [4.78, 5) is 36.5. The number of hydrogen-bond donors (Lipinski definition) is 0. The predicted molar refractivity (Wildman–Crippen MR) is 87.6 cm³/mol. The molecule has 0 N–H and O–H groups in total. The van der Waals surface area contributed by atoms with Crippen molar-refractivity contribution in [2.45, 2.75) is 26.6 Å². The van der Waals surface area contributed by atoms with Gasteiger partial charge in [0.2, 0.25) is 5.82 Å². The molecular weight excluding hydrogens is 377 g/mol. The number of nitrogens with zero attached hydrogens (tertiary/aromatic N) is 2. The summed E-state index contributed by atoms with van der Waals surface area (Å²) in [6.07, 6.45) is -0.510. The highest BCUT2D eigenvalue weighted by Gasteiger charge is 2.23. The smallest absolute Gasteiger partial charge is 0.339 e. The number of alkyl halides is 1. The third kappa shape index (κ3) is 3.39. The van der Waals surface area contributed by atoms with E-state index in [1.165, 1.54) is 0 Å². The predicted octanol–water partition coefficient (Wildman–Crippen LogP) is 2.50. The van der Waals surface area contributed by atoms with Crippen molar-refractivity contribution in [2.75, 3.05) is 0 Å². The van der Waals surface area contributed by atoms with Crippen LogP contribution < -0.4 is 11.2 Å². The van der Waals surface area contributed by atoms with E-state index in [0.29, 0.717) is 10.6 Å². The summed E-state index contributed by atoms with van der Waals surface area (Å²) in [6, 6.07) is 1.50. The van der Waals surface area contributed by atoms with Crippen molar-refractivity contribution in [1.29, 1.82) is 0 Å². The minimum Gasteiger partial charge on any atom is -0.459 e. The van der Waals surface area contributed by atoms with Crippen molar-refractivity contribution < 1.29 is 22.7 Å². The molecule has 10 heteroatoms. The Bertz CT molecular complexity index is 961. The first-order chi connectivity index (χ1) is 12.1. The molecule has 0 amide bonds. The minimum absolute atomic E-state index is 0.159. The second-order valence-corrected chi connectivity index (χ2v) is 6.02. The van der Waals surface area contributed by atoms with E-state index in [0.717, 1.165) is 13.1 Å². The molecule has 0 saturated carbocycles. The van der Waals surface area contributed by atoms with Crippen LogP contribution in [0.4, 0.5) is 13.2 Å². The molecule has 2 aromatic rings. The van der Waals surface area contributed by atoms with Gasteiger partial charge >= 0.3 is 11.7 Å². The Morgan fingerprint density at radius 3 is 2.42 bits per heavy atom. The molecule has 6 nitrogen and oxygen atoms in total. The third-order valence-corrected chi connectivity index (χ3v) is 3.81. The highest BCUT2D eigenvalue weighted by atomic mass is 35.5. The highest BCUT2D eigenvalue weighted by molar-refractivity contribution is 6.33. The van der Waals surface area contributed by atoms with E-state index in [2.05, 4.69) is 0 Å². The zero-order valence-electron chi connectivity index (χ0n) is 14.0. The SMILES string of the molecule is CC(C)OC(=O)c1cc(-n2c(=O)c(F)c(CF)n(C)c2=O)c(F)cc1Cl. The second-order valence-electron chi connectivity index (χ2n) is 5.61. The van der Waals surface area contributed by atoms with E-state index in [1.54, 1.807) is 13.8 Å². The number of aromatic nitrogens is 2. The van der Waals surface area contributed by atoms with Gasteiger partial charge in [0, 0.05) is 7.05 Å². The number of esters is 1. The number of carbonyl (C=O) groups is 1. The molecule has 0 aliphatic rings. The van der Waals surface area contributed by atoms with Crippen molar-refractivity contribution >= 4 is 17.6 Å². The summed E-state index contributed by atoms with van der Waals surface area (Å²) in [5, 5.41) is -0.317. The Balaban J connectivity index is 2.80. The van der Waals surface area contributed by atoms with Crippen LogP contribution in [0, 0.1) is 11.6 Å². The molecule has 0 fully saturated rings. The van der Waals surface area contributed by atoms with E-state index in [1.807, 2.05) is 0 Å². The fourth-order valence-corrected chi connectivity index (χ4v) is 2.45. The quantitative estimate of drug-likeness (QED) is 0.752.